The minimum atomic E-state index is 0.692. The van der Waals surface area contributed by atoms with Crippen LogP contribution in [0.5, 0.6) is 5.75 Å². The summed E-state index contributed by atoms with van der Waals surface area (Å²) in [5.41, 5.74) is 1.41. The van der Waals surface area contributed by atoms with E-state index in [2.05, 4.69) is 46.6 Å². The van der Waals surface area contributed by atoms with Crippen molar-refractivity contribution in [3.8, 4) is 5.75 Å². The van der Waals surface area contributed by atoms with Crippen molar-refractivity contribution >= 4 is 10.8 Å². The summed E-state index contributed by atoms with van der Waals surface area (Å²) in [5, 5.41) is 6.31. The molecule has 3 nitrogen and oxygen atoms in total. The van der Waals surface area contributed by atoms with Gasteiger partial charge in [0, 0.05) is 37.1 Å². The van der Waals surface area contributed by atoms with E-state index < -0.39 is 0 Å². The molecule has 2 aliphatic rings. The normalized spacial score (nSPS) is 25.3. The van der Waals surface area contributed by atoms with Crippen LogP contribution in [0.4, 0.5) is 0 Å². The molecule has 2 bridgehead atoms. The molecule has 0 radical (unpaired) electrons. The van der Waals surface area contributed by atoms with Crippen molar-refractivity contribution in [1.29, 1.82) is 0 Å². The Kier molecular flexibility index (Phi) is 3.77. The first-order valence-electron chi connectivity index (χ1n) is 8.36. The lowest BCUT2D eigenvalue weighted by Gasteiger charge is -2.25. The molecule has 0 saturated carbocycles. The fourth-order valence-corrected chi connectivity index (χ4v) is 4.05. The smallest absolute Gasteiger partial charge is 0.126 e. The van der Waals surface area contributed by atoms with E-state index in [1.165, 1.54) is 48.7 Å². The molecule has 3 heteroatoms. The van der Waals surface area contributed by atoms with Gasteiger partial charge in [-0.3, -0.25) is 4.90 Å². The lowest BCUT2D eigenvalue weighted by molar-refractivity contribution is 0.252. The van der Waals surface area contributed by atoms with Crippen LogP contribution in [0.15, 0.2) is 36.4 Å². The van der Waals surface area contributed by atoms with Crippen molar-refractivity contribution in [2.24, 2.45) is 0 Å². The van der Waals surface area contributed by atoms with Crippen molar-refractivity contribution in [3.05, 3.63) is 42.0 Å². The number of benzene rings is 2. The molecule has 2 fully saturated rings. The van der Waals surface area contributed by atoms with Crippen molar-refractivity contribution in [1.82, 2.24) is 10.2 Å². The van der Waals surface area contributed by atoms with E-state index >= 15 is 0 Å². The summed E-state index contributed by atoms with van der Waals surface area (Å²) < 4.78 is 5.51. The third-order valence-electron chi connectivity index (χ3n) is 5.20. The average molecular weight is 296 g/mol. The van der Waals surface area contributed by atoms with Crippen LogP contribution in [0.25, 0.3) is 10.8 Å². The van der Waals surface area contributed by atoms with E-state index in [1.54, 1.807) is 7.11 Å². The van der Waals surface area contributed by atoms with Crippen LogP contribution in [0, 0.1) is 0 Å². The number of hydrogen-bond acceptors (Lipinski definition) is 3. The predicted octanol–water partition coefficient (Wildman–Crippen LogP) is 3.17. The van der Waals surface area contributed by atoms with Crippen molar-refractivity contribution < 1.29 is 4.74 Å². The highest BCUT2D eigenvalue weighted by atomic mass is 16.5. The van der Waals surface area contributed by atoms with Gasteiger partial charge < -0.3 is 10.1 Å². The van der Waals surface area contributed by atoms with E-state index in [0.717, 1.165) is 18.3 Å². The molecule has 0 aromatic heterocycles. The third-order valence-corrected chi connectivity index (χ3v) is 5.20. The van der Waals surface area contributed by atoms with Gasteiger partial charge in [0.2, 0.25) is 0 Å². The highest BCUT2D eigenvalue weighted by molar-refractivity contribution is 5.91. The molecule has 116 valence electrons. The number of nitrogens with one attached hydrogen (secondary N) is 1. The number of rotatable bonds is 3. The average Bonchev–Trinajstić information content (AvgIpc) is 2.89. The second-order valence-electron chi connectivity index (χ2n) is 6.63. The summed E-state index contributed by atoms with van der Waals surface area (Å²) in [5.74, 6) is 0.968. The molecule has 1 N–H and O–H groups in total. The number of methoxy groups -OCH3 is 1. The summed E-state index contributed by atoms with van der Waals surface area (Å²) in [7, 11) is 1.75. The maximum atomic E-state index is 5.51. The maximum Gasteiger partial charge on any atom is 0.126 e. The molecule has 2 aliphatic heterocycles. The van der Waals surface area contributed by atoms with Crippen LogP contribution >= 0.6 is 0 Å². The molecular weight excluding hydrogens is 272 g/mol. The fourth-order valence-electron chi connectivity index (χ4n) is 4.05. The number of nitrogens with zero attached hydrogens (tertiary/aromatic N) is 1. The monoisotopic (exact) mass is 296 g/mol. The number of hydrogen-bond donors (Lipinski definition) is 1. The minimum absolute atomic E-state index is 0.692. The summed E-state index contributed by atoms with van der Waals surface area (Å²) in [6.45, 7) is 3.42. The number of likely N-dealkylation sites (tertiary alicyclic amines) is 1. The molecule has 2 aromatic rings. The number of fused-ring (bicyclic) bond motifs is 3. The quantitative estimate of drug-likeness (QED) is 0.941. The summed E-state index contributed by atoms with van der Waals surface area (Å²) in [6, 6.07) is 14.4. The minimum Gasteiger partial charge on any atom is -0.496 e. The molecular formula is C19H24N2O. The van der Waals surface area contributed by atoms with Crippen LogP contribution in [0.1, 0.15) is 24.8 Å². The lowest BCUT2D eigenvalue weighted by Crippen LogP contribution is -2.35. The highest BCUT2D eigenvalue weighted by Gasteiger charge is 2.29. The van der Waals surface area contributed by atoms with Gasteiger partial charge in [0.1, 0.15) is 5.75 Å². The Hall–Kier alpha value is -1.58. The SMILES string of the molecule is COc1ccc(CN2CCC3CCC(C2)N3)c2ccccc12. The van der Waals surface area contributed by atoms with Gasteiger partial charge in [0.15, 0.2) is 0 Å². The molecule has 2 atom stereocenters. The zero-order valence-electron chi connectivity index (χ0n) is 13.2. The Balaban J connectivity index is 1.61. The molecule has 22 heavy (non-hydrogen) atoms. The van der Waals surface area contributed by atoms with Crippen molar-refractivity contribution in [2.45, 2.75) is 37.9 Å². The largest absolute Gasteiger partial charge is 0.496 e. The first-order valence-corrected chi connectivity index (χ1v) is 8.36. The molecule has 2 unspecified atom stereocenters. The second-order valence-corrected chi connectivity index (χ2v) is 6.63. The van der Waals surface area contributed by atoms with Crippen LogP contribution in [0.2, 0.25) is 0 Å². The van der Waals surface area contributed by atoms with Gasteiger partial charge >= 0.3 is 0 Å². The second kappa shape index (κ2) is 5.90. The first kappa shape index (κ1) is 14.0. The molecule has 2 heterocycles. The maximum absolute atomic E-state index is 5.51. The topological polar surface area (TPSA) is 24.5 Å². The summed E-state index contributed by atoms with van der Waals surface area (Å²) >= 11 is 0. The van der Waals surface area contributed by atoms with Crippen LogP contribution in [-0.2, 0) is 6.54 Å². The predicted molar refractivity (Wildman–Crippen MR) is 90.3 cm³/mol. The van der Waals surface area contributed by atoms with E-state index in [4.69, 9.17) is 4.74 Å². The fraction of sp³-hybridized carbons (Fsp3) is 0.474. The zero-order valence-corrected chi connectivity index (χ0v) is 13.2. The molecule has 0 amide bonds. The Morgan fingerprint density at radius 3 is 2.73 bits per heavy atom. The summed E-state index contributed by atoms with van der Waals surface area (Å²) in [6.07, 6.45) is 3.99. The van der Waals surface area contributed by atoms with Crippen LogP contribution < -0.4 is 10.1 Å². The van der Waals surface area contributed by atoms with Crippen molar-refractivity contribution in [2.75, 3.05) is 20.2 Å². The number of ether oxygens (including phenoxy) is 1. The third kappa shape index (κ3) is 2.59. The zero-order chi connectivity index (χ0) is 14.9. The Bertz CT molecular complexity index is 670. The van der Waals surface area contributed by atoms with Gasteiger partial charge in [-0.15, -0.1) is 0 Å². The first-order chi connectivity index (χ1) is 10.8. The van der Waals surface area contributed by atoms with Gasteiger partial charge in [-0.2, -0.15) is 0 Å². The molecule has 0 aliphatic carbocycles. The molecule has 2 aromatic carbocycles. The van der Waals surface area contributed by atoms with Gasteiger partial charge in [-0.1, -0.05) is 30.3 Å². The summed E-state index contributed by atoms with van der Waals surface area (Å²) in [4.78, 5) is 2.62. The van der Waals surface area contributed by atoms with Crippen LogP contribution in [0.3, 0.4) is 0 Å². The van der Waals surface area contributed by atoms with Gasteiger partial charge in [0.25, 0.3) is 0 Å². The van der Waals surface area contributed by atoms with Gasteiger partial charge in [-0.05, 0) is 36.3 Å². The van der Waals surface area contributed by atoms with Crippen molar-refractivity contribution in [3.63, 3.8) is 0 Å². The van der Waals surface area contributed by atoms with E-state index in [9.17, 15) is 0 Å². The lowest BCUT2D eigenvalue weighted by atomic mass is 10.0. The van der Waals surface area contributed by atoms with E-state index in [-0.39, 0.29) is 0 Å². The van der Waals surface area contributed by atoms with E-state index in [0.29, 0.717) is 6.04 Å². The van der Waals surface area contributed by atoms with Gasteiger partial charge in [-0.25, -0.2) is 0 Å². The van der Waals surface area contributed by atoms with Crippen LogP contribution in [-0.4, -0.2) is 37.2 Å². The highest BCUT2D eigenvalue weighted by Crippen LogP contribution is 2.30. The Labute approximate surface area is 132 Å². The standard InChI is InChI=1S/C19H24N2O/c1-22-19-9-6-14(17-4-2-3-5-18(17)19)12-21-11-10-15-7-8-16(13-21)20-15/h2-6,9,15-16,20H,7-8,10-13H2,1H3. The Morgan fingerprint density at radius 1 is 1.05 bits per heavy atom. The Morgan fingerprint density at radius 2 is 1.86 bits per heavy atom. The molecule has 0 spiro atoms. The van der Waals surface area contributed by atoms with E-state index in [1.807, 2.05) is 0 Å². The van der Waals surface area contributed by atoms with Gasteiger partial charge in [0.05, 0.1) is 7.11 Å². The molecule has 2 saturated heterocycles. The molecule has 4 rings (SSSR count).